The normalized spacial score (nSPS) is 23.8. The third kappa shape index (κ3) is 20.5. The fourth-order valence-corrected chi connectivity index (χ4v) is 15.0. The highest BCUT2D eigenvalue weighted by Gasteiger charge is 2.49. The van der Waals surface area contributed by atoms with E-state index in [9.17, 15) is 39.0 Å². The van der Waals surface area contributed by atoms with E-state index in [0.717, 1.165) is 22.0 Å². The number of nitrogens with two attached hydrogens (primary N) is 2. The number of benzene rings is 4. The summed E-state index contributed by atoms with van der Waals surface area (Å²) in [4.78, 5) is 170. The molecule has 101 heavy (non-hydrogen) atoms. The van der Waals surface area contributed by atoms with Gasteiger partial charge in [0, 0.05) is 121 Å². The van der Waals surface area contributed by atoms with Crippen LogP contribution in [-0.2, 0) is 77.1 Å². The van der Waals surface area contributed by atoms with E-state index in [0.29, 0.717) is 76.2 Å². The number of primary amides is 1. The van der Waals surface area contributed by atoms with Crippen LogP contribution in [0.25, 0.3) is 21.8 Å². The molecule has 4 aromatic carbocycles. The van der Waals surface area contributed by atoms with Crippen LogP contribution in [0.2, 0.25) is 0 Å². The molecule has 8 amide bonds. The molecular weight excluding hydrogens is 1340 g/mol. The lowest BCUT2D eigenvalue weighted by Gasteiger charge is -2.37. The largest absolute Gasteiger partial charge is 0.508 e. The van der Waals surface area contributed by atoms with E-state index in [2.05, 4.69) is 46.9 Å². The monoisotopic (exact) mass is 1420 g/mol. The van der Waals surface area contributed by atoms with Gasteiger partial charge in [0.25, 0.3) is 0 Å². The number of hydrogen-bond acceptors (Lipinski definition) is 16. The molecule has 1 saturated heterocycles. The van der Waals surface area contributed by atoms with Gasteiger partial charge in [-0.05, 0) is 128 Å². The number of nitrogens with one attached hydrogen (secondary N) is 8. The number of amides is 8. The summed E-state index contributed by atoms with van der Waals surface area (Å²) in [6.45, 7) is 3.09. The van der Waals surface area contributed by atoms with Crippen molar-refractivity contribution in [2.24, 2.45) is 28.3 Å². The number of thioether (sulfide) groups is 2. The van der Waals surface area contributed by atoms with E-state index >= 15 is 28.4 Å². The Hall–Kier alpha value is -9.67. The smallest absolute Gasteiger partial charge is 0.305 e. The van der Waals surface area contributed by atoms with Crippen molar-refractivity contribution in [2.45, 2.75) is 150 Å². The van der Waals surface area contributed by atoms with Crippen LogP contribution in [0.3, 0.4) is 0 Å². The summed E-state index contributed by atoms with van der Waals surface area (Å²) in [5, 5.41) is 38.2. The van der Waals surface area contributed by atoms with Crippen LogP contribution in [0.4, 0.5) is 4.39 Å². The van der Waals surface area contributed by atoms with Gasteiger partial charge in [-0.1, -0.05) is 61.5 Å². The van der Waals surface area contributed by atoms with E-state index in [1.807, 2.05) is 42.5 Å². The molecule has 0 unspecified atom stereocenters. The Morgan fingerprint density at radius 1 is 0.752 bits per heavy atom. The molecule has 0 radical (unpaired) electrons. The van der Waals surface area contributed by atoms with Crippen molar-refractivity contribution in [3.05, 3.63) is 149 Å². The number of unbranched alkanes of at least 4 members (excludes halogenated alkanes) is 1. The Kier molecular flexibility index (Phi) is 26.6. The molecule has 3 aliphatic rings. The van der Waals surface area contributed by atoms with Crippen LogP contribution in [0, 0.1) is 17.7 Å². The standard InChI is InChI=1S/C73H87FN12O13S2/c1-42(55-38-79-56-12-4-3-11-52(55)56)53-33-51(88)37-80-69(96)58(13-5-6-23-75)81-64(90)21-26-100-39-45-9-7-10-46(27-45)40-101-41-62(66(76)93)85-72(99)73(2)22-8-25-86(73)71(98)61(29-43-14-17-50(87)18-15-43)84-67(94)47(28-44-20-24-77-35-44)31-63(89)59(34-65(91)92)82-70(97)60(83-68(53)95)30-48-36-78-57-19-16-49(74)32-54(48)57/h3-4,7,9-12,14-19,24,27,32,35-36,38,42,47,53,58-62,78-79,87H,5-6,8,13,20-23,25-26,28-31,33-34,37,39-41,75H2,1-2H3,(H2,76,93)(H,80,96)(H,81,90)(H,82,97)(H,83,95)(H,84,94)(H,85,99)(H,91,92)/t42-,47-,53+,58+,59+,60+,61+,62+,73+/m1/s1. The first-order valence-electron chi connectivity index (χ1n) is 33.8. The Morgan fingerprint density at radius 3 is 2.21 bits per heavy atom. The van der Waals surface area contributed by atoms with Crippen LogP contribution in [0.5, 0.6) is 5.75 Å². The number of carboxylic acids is 1. The molecule has 2 aromatic heterocycles. The second-order valence-corrected chi connectivity index (χ2v) is 28.4. The topological polar surface area (TPSA) is 400 Å². The van der Waals surface area contributed by atoms with E-state index in [1.54, 1.807) is 44.5 Å². The number of aliphatic imine (C=N–C) groups is 1. The molecule has 9 atom stereocenters. The Bertz CT molecular complexity index is 4100. The molecule has 25 nitrogen and oxygen atoms in total. The minimum absolute atomic E-state index is 0.0481. The van der Waals surface area contributed by atoms with Crippen LogP contribution in [0.1, 0.15) is 118 Å². The number of nitrogens with zero attached hydrogens (tertiary/aromatic N) is 2. The average Bonchev–Trinajstić information content (AvgIpc) is 1.70. The van der Waals surface area contributed by atoms with Gasteiger partial charge in [-0.15, -0.1) is 0 Å². The van der Waals surface area contributed by atoms with Crippen molar-refractivity contribution >= 4 is 116 Å². The van der Waals surface area contributed by atoms with Gasteiger partial charge in [0.1, 0.15) is 41.3 Å². The number of carbonyl (C=O) groups excluding carboxylic acids is 10. The number of fused-ring (bicyclic) bond motifs is 5. The van der Waals surface area contributed by atoms with Crippen molar-refractivity contribution in [3.63, 3.8) is 0 Å². The molecule has 3 aliphatic heterocycles. The minimum Gasteiger partial charge on any atom is -0.508 e. The second-order valence-electron chi connectivity index (χ2n) is 26.2. The number of ketones is 2. The number of halogens is 1. The second kappa shape index (κ2) is 35.6. The van der Waals surface area contributed by atoms with Crippen molar-refractivity contribution in [3.8, 4) is 5.75 Å². The molecule has 2 bridgehead atoms. The Morgan fingerprint density at radius 2 is 1.48 bits per heavy atom. The summed E-state index contributed by atoms with van der Waals surface area (Å²) in [5.41, 5.74) is 15.2. The van der Waals surface area contributed by atoms with Crippen molar-refractivity contribution in [1.82, 2.24) is 46.8 Å². The van der Waals surface area contributed by atoms with Crippen molar-refractivity contribution in [2.75, 3.05) is 31.1 Å². The molecule has 14 N–H and O–H groups in total. The number of carbonyl (C=O) groups is 11. The number of aromatic hydroxyl groups is 1. The third-order valence-electron chi connectivity index (χ3n) is 18.8. The molecule has 1 fully saturated rings. The number of rotatable bonds is 15. The lowest BCUT2D eigenvalue weighted by molar-refractivity contribution is -0.147. The lowest BCUT2D eigenvalue weighted by Crippen LogP contribution is -2.62. The molecule has 6 aromatic rings. The van der Waals surface area contributed by atoms with Gasteiger partial charge >= 0.3 is 5.97 Å². The van der Waals surface area contributed by atoms with Gasteiger partial charge in [0.15, 0.2) is 11.6 Å². The van der Waals surface area contributed by atoms with Crippen molar-refractivity contribution < 1.29 is 67.3 Å². The van der Waals surface area contributed by atoms with E-state index in [4.69, 9.17) is 11.5 Å². The van der Waals surface area contributed by atoms with Gasteiger partial charge in [0.05, 0.1) is 24.9 Å². The summed E-state index contributed by atoms with van der Waals surface area (Å²) < 4.78 is 15.0. The number of allylic oxidation sites excluding steroid dienone is 1. The number of carboxylic acid groups (broad SMARTS) is 1. The van der Waals surface area contributed by atoms with E-state index in [1.165, 1.54) is 71.2 Å². The summed E-state index contributed by atoms with van der Waals surface area (Å²) in [5.74, 6) is -11.8. The number of phenols is 1. The number of aromatic amines is 2. The minimum atomic E-state index is -1.87. The van der Waals surface area contributed by atoms with Gasteiger partial charge < -0.3 is 68.4 Å². The third-order valence-corrected chi connectivity index (χ3v) is 20.9. The highest BCUT2D eigenvalue weighted by Crippen LogP contribution is 2.35. The Balaban J connectivity index is 1.06. The van der Waals surface area contributed by atoms with Gasteiger partial charge in [0.2, 0.25) is 47.3 Å². The van der Waals surface area contributed by atoms with Crippen LogP contribution in [-0.4, -0.2) is 163 Å². The predicted molar refractivity (Wildman–Crippen MR) is 382 cm³/mol. The Labute approximate surface area is 592 Å². The van der Waals surface area contributed by atoms with Crippen molar-refractivity contribution in [1.29, 1.82) is 0 Å². The zero-order chi connectivity index (χ0) is 72.3. The zero-order valence-corrected chi connectivity index (χ0v) is 58.0. The van der Waals surface area contributed by atoms with Gasteiger partial charge in [-0.25, -0.2) is 4.39 Å². The molecule has 28 heteroatoms. The van der Waals surface area contributed by atoms with Gasteiger partial charge in [-0.3, -0.25) is 57.7 Å². The number of aliphatic carboxylic acids is 1. The summed E-state index contributed by atoms with van der Waals surface area (Å²) in [7, 11) is 0. The molecule has 5 heterocycles. The van der Waals surface area contributed by atoms with Crippen LogP contribution < -0.4 is 43.4 Å². The first-order chi connectivity index (χ1) is 48.5. The molecule has 536 valence electrons. The number of aromatic nitrogens is 2. The maximum absolute atomic E-state index is 15.4. The maximum atomic E-state index is 15.4. The average molecular weight is 1420 g/mol. The SMILES string of the molecule is C[C@@H](c1c[nH]c2ccccc12)[C@@H]1CC(=O)CNC(=O)[C@H](CCCCN)NC(=O)CCSCc2cccc(c2)CSC[C@@H](C(N)=O)NC(=O)[C@]2(C)CCCN2C(=O)[C@H](Cc2ccc(O)cc2)NC(=O)[C@H](CC2=CN=CC2)CC(=O)[C@H](CC(=O)O)NC(=O)[C@H](Cc2c[nH]c3ccc(F)cc23)NC1=O. The number of phenolic OH excluding ortho intramolecular Hbond substituents is 1. The highest BCUT2D eigenvalue weighted by atomic mass is 32.2. The lowest BCUT2D eigenvalue weighted by atomic mass is 9.83. The first-order valence-corrected chi connectivity index (χ1v) is 36.2. The fourth-order valence-electron chi connectivity index (χ4n) is 13.1. The van der Waals surface area contributed by atoms with E-state index < -0.39 is 150 Å². The molecule has 0 aliphatic carbocycles. The number of hydrogen-bond donors (Lipinski definition) is 12. The van der Waals surface area contributed by atoms with Crippen LogP contribution in [0.15, 0.2) is 120 Å². The number of Topliss-reactive ketones (excluding diaryl/α,β-unsaturated/α-hetero) is 2. The number of para-hydroxylation sites is 1. The van der Waals surface area contributed by atoms with Gasteiger partial charge in [-0.2, -0.15) is 23.5 Å². The number of H-pyrrole nitrogens is 2. The predicted octanol–water partition coefficient (Wildman–Crippen LogP) is 5.56. The fraction of sp³-hybridized carbons (Fsp3) is 0.425. The van der Waals surface area contributed by atoms with E-state index in [-0.39, 0.29) is 63.0 Å². The molecule has 9 rings (SSSR count). The quantitative estimate of drug-likeness (QED) is 0.0560. The summed E-state index contributed by atoms with van der Waals surface area (Å²) in [6, 6.07) is 17.6. The molecule has 0 spiro atoms. The highest BCUT2D eigenvalue weighted by molar-refractivity contribution is 7.98. The first kappa shape index (κ1) is 75.5. The summed E-state index contributed by atoms with van der Waals surface area (Å²) in [6.07, 6.45) is 5.41. The molecular formula is C73H87FN12O13S2. The zero-order valence-electron chi connectivity index (χ0n) is 56.4. The molecule has 0 saturated carbocycles. The van der Waals surface area contributed by atoms with Crippen LogP contribution >= 0.6 is 23.5 Å². The summed E-state index contributed by atoms with van der Waals surface area (Å²) >= 11 is 2.84. The maximum Gasteiger partial charge on any atom is 0.305 e.